The molecular weight excluding hydrogens is 322 g/mol. The average molecular weight is 339 g/mol. The summed E-state index contributed by atoms with van der Waals surface area (Å²) in [4.78, 5) is 15.7. The molecule has 0 spiro atoms. The van der Waals surface area contributed by atoms with Crippen molar-refractivity contribution in [3.63, 3.8) is 0 Å². The van der Waals surface area contributed by atoms with Crippen LogP contribution in [0, 0.1) is 0 Å². The van der Waals surface area contributed by atoms with Crippen molar-refractivity contribution in [3.05, 3.63) is 42.6 Å². The van der Waals surface area contributed by atoms with Gasteiger partial charge in [-0.25, -0.2) is 13.4 Å². The zero-order valence-electron chi connectivity index (χ0n) is 12.6. The number of amides is 1. The van der Waals surface area contributed by atoms with Crippen molar-refractivity contribution >= 4 is 15.9 Å². The number of ether oxygens (including phenoxy) is 1. The van der Waals surface area contributed by atoms with Gasteiger partial charge in [0.05, 0.1) is 30.8 Å². The monoisotopic (exact) mass is 339 g/mol. The summed E-state index contributed by atoms with van der Waals surface area (Å²) in [5.74, 6) is 0.545. The van der Waals surface area contributed by atoms with Crippen LogP contribution in [0.25, 0.3) is 0 Å². The SMILES string of the molecule is COc1ccc(S(=O)(=O)NC(C)C(=O)NCc2cnco2)cc1. The topological polar surface area (TPSA) is 111 Å². The maximum absolute atomic E-state index is 12.2. The van der Waals surface area contributed by atoms with Crippen LogP contribution in [0.2, 0.25) is 0 Å². The molecule has 2 aromatic rings. The third-order valence-corrected chi connectivity index (χ3v) is 4.57. The van der Waals surface area contributed by atoms with Gasteiger partial charge in [0.15, 0.2) is 6.39 Å². The van der Waals surface area contributed by atoms with Gasteiger partial charge in [0.1, 0.15) is 11.5 Å². The summed E-state index contributed by atoms with van der Waals surface area (Å²) in [5.41, 5.74) is 0. The minimum atomic E-state index is -3.80. The van der Waals surface area contributed by atoms with Crippen LogP contribution in [0.5, 0.6) is 5.75 Å². The molecule has 2 rings (SSSR count). The second-order valence-corrected chi connectivity index (χ2v) is 6.42. The summed E-state index contributed by atoms with van der Waals surface area (Å²) in [6.45, 7) is 1.59. The van der Waals surface area contributed by atoms with Crippen LogP contribution >= 0.6 is 0 Å². The van der Waals surface area contributed by atoms with Gasteiger partial charge in [0.2, 0.25) is 15.9 Å². The van der Waals surface area contributed by atoms with Gasteiger partial charge in [-0.3, -0.25) is 4.79 Å². The fourth-order valence-corrected chi connectivity index (χ4v) is 2.97. The van der Waals surface area contributed by atoms with Gasteiger partial charge in [-0.2, -0.15) is 4.72 Å². The summed E-state index contributed by atoms with van der Waals surface area (Å²) in [6, 6.07) is 4.93. The first-order valence-electron chi connectivity index (χ1n) is 6.74. The van der Waals surface area contributed by atoms with E-state index in [1.807, 2.05) is 0 Å². The lowest BCUT2D eigenvalue weighted by molar-refractivity contribution is -0.122. The number of nitrogens with one attached hydrogen (secondary N) is 2. The Hall–Kier alpha value is -2.39. The zero-order chi connectivity index (χ0) is 16.9. The van der Waals surface area contributed by atoms with Gasteiger partial charge < -0.3 is 14.5 Å². The van der Waals surface area contributed by atoms with Crippen molar-refractivity contribution in [1.29, 1.82) is 0 Å². The van der Waals surface area contributed by atoms with Crippen LogP contribution in [-0.2, 0) is 21.4 Å². The number of benzene rings is 1. The molecule has 0 fully saturated rings. The van der Waals surface area contributed by atoms with Gasteiger partial charge in [0, 0.05) is 0 Å². The van der Waals surface area contributed by atoms with E-state index in [-0.39, 0.29) is 11.4 Å². The van der Waals surface area contributed by atoms with Crippen molar-refractivity contribution in [1.82, 2.24) is 15.0 Å². The Morgan fingerprint density at radius 2 is 2.04 bits per heavy atom. The van der Waals surface area contributed by atoms with Gasteiger partial charge >= 0.3 is 0 Å². The molecule has 0 saturated carbocycles. The van der Waals surface area contributed by atoms with Crippen LogP contribution < -0.4 is 14.8 Å². The Balaban J connectivity index is 1.96. The van der Waals surface area contributed by atoms with Crippen LogP contribution in [-0.4, -0.2) is 32.5 Å². The van der Waals surface area contributed by atoms with Gasteiger partial charge in [-0.15, -0.1) is 0 Å². The van der Waals surface area contributed by atoms with E-state index in [0.717, 1.165) is 0 Å². The molecule has 1 atom stereocenters. The highest BCUT2D eigenvalue weighted by Gasteiger charge is 2.22. The number of oxazole rings is 1. The number of nitrogens with zero attached hydrogens (tertiary/aromatic N) is 1. The summed E-state index contributed by atoms with van der Waals surface area (Å²) < 4.78 is 36.7. The Morgan fingerprint density at radius 1 is 1.35 bits per heavy atom. The van der Waals surface area contributed by atoms with Gasteiger partial charge in [-0.1, -0.05) is 0 Å². The van der Waals surface area contributed by atoms with E-state index in [4.69, 9.17) is 9.15 Å². The van der Waals surface area contributed by atoms with E-state index in [0.29, 0.717) is 11.5 Å². The Labute approximate surface area is 133 Å². The van der Waals surface area contributed by atoms with E-state index in [1.165, 1.54) is 50.9 Å². The van der Waals surface area contributed by atoms with E-state index in [2.05, 4.69) is 15.0 Å². The number of sulfonamides is 1. The predicted molar refractivity (Wildman–Crippen MR) is 81.1 cm³/mol. The number of methoxy groups -OCH3 is 1. The highest BCUT2D eigenvalue weighted by molar-refractivity contribution is 7.89. The normalized spacial score (nSPS) is 12.6. The first kappa shape index (κ1) is 17.0. The third-order valence-electron chi connectivity index (χ3n) is 3.02. The molecule has 0 saturated heterocycles. The lowest BCUT2D eigenvalue weighted by Gasteiger charge is -2.14. The first-order valence-corrected chi connectivity index (χ1v) is 8.22. The lowest BCUT2D eigenvalue weighted by Crippen LogP contribution is -2.44. The van der Waals surface area contributed by atoms with Crippen LogP contribution in [0.15, 0.2) is 46.2 Å². The van der Waals surface area contributed by atoms with Crippen molar-refractivity contribution in [3.8, 4) is 5.75 Å². The zero-order valence-corrected chi connectivity index (χ0v) is 13.5. The van der Waals surface area contributed by atoms with Crippen LogP contribution in [0.4, 0.5) is 0 Å². The molecule has 1 unspecified atom stereocenters. The molecule has 0 aliphatic carbocycles. The summed E-state index contributed by atoms with van der Waals surface area (Å²) in [6.07, 6.45) is 2.71. The highest BCUT2D eigenvalue weighted by Crippen LogP contribution is 2.15. The predicted octanol–water partition coefficient (Wildman–Crippen LogP) is 0.666. The Bertz CT molecular complexity index is 741. The molecule has 1 aromatic carbocycles. The lowest BCUT2D eigenvalue weighted by atomic mass is 10.3. The molecular formula is C14H17N3O5S. The summed E-state index contributed by atoms with van der Waals surface area (Å²) in [7, 11) is -2.32. The van der Waals surface area contributed by atoms with Crippen LogP contribution in [0.1, 0.15) is 12.7 Å². The fraction of sp³-hybridized carbons (Fsp3) is 0.286. The second-order valence-electron chi connectivity index (χ2n) is 4.70. The molecule has 2 N–H and O–H groups in total. The van der Waals surface area contributed by atoms with E-state index >= 15 is 0 Å². The number of rotatable bonds is 7. The summed E-state index contributed by atoms with van der Waals surface area (Å²) >= 11 is 0. The van der Waals surface area contributed by atoms with Crippen LogP contribution in [0.3, 0.4) is 0 Å². The highest BCUT2D eigenvalue weighted by atomic mass is 32.2. The van der Waals surface area contributed by atoms with Gasteiger partial charge in [0.25, 0.3) is 0 Å². The maximum atomic E-state index is 12.2. The Kier molecular flexibility index (Phi) is 5.35. The minimum absolute atomic E-state index is 0.0492. The Morgan fingerprint density at radius 3 is 2.61 bits per heavy atom. The molecule has 1 amide bonds. The smallest absolute Gasteiger partial charge is 0.241 e. The molecule has 0 radical (unpaired) electrons. The third kappa shape index (κ3) is 4.54. The quantitative estimate of drug-likeness (QED) is 0.767. The molecule has 1 aromatic heterocycles. The maximum Gasteiger partial charge on any atom is 0.241 e. The molecule has 0 aliphatic heterocycles. The molecule has 9 heteroatoms. The van der Waals surface area contributed by atoms with Crippen molar-refractivity contribution in [2.75, 3.05) is 7.11 Å². The largest absolute Gasteiger partial charge is 0.497 e. The number of hydrogen-bond acceptors (Lipinski definition) is 6. The molecule has 8 nitrogen and oxygen atoms in total. The standard InChI is InChI=1S/C14H17N3O5S/c1-10(14(18)16-8-12-7-15-9-22-12)17-23(19,20)13-5-3-11(21-2)4-6-13/h3-7,9-10,17H,8H2,1-2H3,(H,16,18). The number of hydrogen-bond donors (Lipinski definition) is 2. The summed E-state index contributed by atoms with van der Waals surface area (Å²) in [5, 5.41) is 2.56. The first-order chi connectivity index (χ1) is 10.9. The number of carbonyl (C=O) groups is 1. The fourth-order valence-electron chi connectivity index (χ4n) is 1.77. The van der Waals surface area contributed by atoms with Crippen molar-refractivity contribution in [2.24, 2.45) is 0 Å². The minimum Gasteiger partial charge on any atom is -0.497 e. The van der Waals surface area contributed by atoms with Crippen molar-refractivity contribution < 1.29 is 22.4 Å². The average Bonchev–Trinajstić information content (AvgIpc) is 3.05. The molecule has 1 heterocycles. The molecule has 124 valence electrons. The molecule has 0 aliphatic rings. The van der Waals surface area contributed by atoms with E-state index in [9.17, 15) is 13.2 Å². The second kappa shape index (κ2) is 7.25. The van der Waals surface area contributed by atoms with Gasteiger partial charge in [-0.05, 0) is 31.2 Å². The van der Waals surface area contributed by atoms with E-state index in [1.54, 1.807) is 0 Å². The molecule has 0 bridgehead atoms. The number of aromatic nitrogens is 1. The molecule has 23 heavy (non-hydrogen) atoms. The number of carbonyl (C=O) groups excluding carboxylic acids is 1. The van der Waals surface area contributed by atoms with Crippen molar-refractivity contribution in [2.45, 2.75) is 24.4 Å². The van der Waals surface area contributed by atoms with E-state index < -0.39 is 22.0 Å².